The standard InChI is InChI=1S/C22H31N5O.HI/c1-3-23-22(25-13-7-9-19-8-6-10-20(18-19)28-2)27-16-14-26(15-17-27)21-11-4-5-12-24-21;/h4-6,8,10-12,18H,3,7,9,13-17H2,1-2H3,(H,23,25);1H. The molecule has 1 aromatic carbocycles. The highest BCUT2D eigenvalue weighted by Gasteiger charge is 2.20. The van der Waals surface area contributed by atoms with Crippen molar-refractivity contribution in [2.24, 2.45) is 4.99 Å². The number of hydrogen-bond acceptors (Lipinski definition) is 4. The van der Waals surface area contributed by atoms with Gasteiger partial charge in [-0.2, -0.15) is 0 Å². The van der Waals surface area contributed by atoms with E-state index >= 15 is 0 Å². The molecule has 7 heteroatoms. The molecule has 0 aliphatic carbocycles. The zero-order valence-electron chi connectivity index (χ0n) is 17.4. The van der Waals surface area contributed by atoms with E-state index in [0.29, 0.717) is 0 Å². The predicted octanol–water partition coefficient (Wildman–Crippen LogP) is 3.43. The lowest BCUT2D eigenvalue weighted by molar-refractivity contribution is 0.371. The molecule has 0 atom stereocenters. The van der Waals surface area contributed by atoms with Crippen LogP contribution in [0.2, 0.25) is 0 Å². The molecule has 6 nitrogen and oxygen atoms in total. The highest BCUT2D eigenvalue weighted by atomic mass is 127. The number of methoxy groups -OCH3 is 1. The van der Waals surface area contributed by atoms with E-state index in [-0.39, 0.29) is 24.0 Å². The lowest BCUT2D eigenvalue weighted by Gasteiger charge is -2.37. The number of ether oxygens (including phenoxy) is 1. The van der Waals surface area contributed by atoms with E-state index in [2.05, 4.69) is 45.2 Å². The number of halogens is 1. The molecule has 3 rings (SSSR count). The van der Waals surface area contributed by atoms with Crippen LogP contribution in [0.25, 0.3) is 0 Å². The largest absolute Gasteiger partial charge is 0.497 e. The molecule has 0 saturated carbocycles. The van der Waals surface area contributed by atoms with Crippen molar-refractivity contribution in [1.82, 2.24) is 15.2 Å². The fourth-order valence-electron chi connectivity index (χ4n) is 3.41. The summed E-state index contributed by atoms with van der Waals surface area (Å²) < 4.78 is 5.30. The number of pyridine rings is 1. The van der Waals surface area contributed by atoms with Crippen LogP contribution in [-0.4, -0.2) is 62.2 Å². The molecular formula is C22H32IN5O. The van der Waals surface area contributed by atoms with Crippen LogP contribution < -0.4 is 15.0 Å². The van der Waals surface area contributed by atoms with Gasteiger partial charge in [0.25, 0.3) is 0 Å². The Bertz CT molecular complexity index is 748. The van der Waals surface area contributed by atoms with Crippen molar-refractivity contribution in [1.29, 1.82) is 0 Å². The number of piperazine rings is 1. The third-order valence-electron chi connectivity index (χ3n) is 4.91. The Morgan fingerprint density at radius 3 is 2.66 bits per heavy atom. The summed E-state index contributed by atoms with van der Waals surface area (Å²) in [6.45, 7) is 7.66. The van der Waals surface area contributed by atoms with Gasteiger partial charge in [0.15, 0.2) is 5.96 Å². The lowest BCUT2D eigenvalue weighted by atomic mass is 10.1. The van der Waals surface area contributed by atoms with Gasteiger partial charge in [-0.15, -0.1) is 24.0 Å². The van der Waals surface area contributed by atoms with Crippen LogP contribution in [0.15, 0.2) is 53.7 Å². The van der Waals surface area contributed by atoms with Crippen molar-refractivity contribution in [3.8, 4) is 5.75 Å². The molecule has 1 N–H and O–H groups in total. The Labute approximate surface area is 191 Å². The van der Waals surface area contributed by atoms with E-state index in [9.17, 15) is 0 Å². The molecule has 0 bridgehead atoms. The Morgan fingerprint density at radius 2 is 1.97 bits per heavy atom. The van der Waals surface area contributed by atoms with Gasteiger partial charge in [0.2, 0.25) is 0 Å². The van der Waals surface area contributed by atoms with E-state index in [1.165, 1.54) is 5.56 Å². The number of hydrogen-bond donors (Lipinski definition) is 1. The summed E-state index contributed by atoms with van der Waals surface area (Å²) in [6.07, 6.45) is 3.89. The van der Waals surface area contributed by atoms with Gasteiger partial charge in [-0.05, 0) is 49.6 Å². The summed E-state index contributed by atoms with van der Waals surface area (Å²) in [7, 11) is 1.71. The van der Waals surface area contributed by atoms with Crippen molar-refractivity contribution in [2.75, 3.05) is 51.3 Å². The maximum Gasteiger partial charge on any atom is 0.194 e. The highest BCUT2D eigenvalue weighted by molar-refractivity contribution is 14.0. The molecule has 158 valence electrons. The molecule has 0 spiro atoms. The van der Waals surface area contributed by atoms with Crippen LogP contribution in [-0.2, 0) is 6.42 Å². The fraction of sp³-hybridized carbons (Fsp3) is 0.455. The van der Waals surface area contributed by atoms with Gasteiger partial charge < -0.3 is 19.9 Å². The normalized spacial score (nSPS) is 14.3. The molecule has 1 aliphatic rings. The molecule has 2 heterocycles. The molecule has 0 amide bonds. The number of nitrogens with one attached hydrogen (secondary N) is 1. The van der Waals surface area contributed by atoms with Crippen molar-refractivity contribution in [3.63, 3.8) is 0 Å². The number of rotatable bonds is 7. The van der Waals surface area contributed by atoms with Crippen LogP contribution in [0.5, 0.6) is 5.75 Å². The van der Waals surface area contributed by atoms with E-state index in [1.54, 1.807) is 7.11 Å². The second kappa shape index (κ2) is 12.5. The second-order valence-electron chi connectivity index (χ2n) is 6.85. The van der Waals surface area contributed by atoms with Crippen molar-refractivity contribution in [3.05, 3.63) is 54.2 Å². The molecule has 29 heavy (non-hydrogen) atoms. The molecule has 0 unspecified atom stereocenters. The molecular weight excluding hydrogens is 477 g/mol. The Morgan fingerprint density at radius 1 is 1.14 bits per heavy atom. The van der Waals surface area contributed by atoms with Gasteiger partial charge in [0.1, 0.15) is 11.6 Å². The van der Waals surface area contributed by atoms with Crippen molar-refractivity contribution >= 4 is 35.8 Å². The predicted molar refractivity (Wildman–Crippen MR) is 131 cm³/mol. The van der Waals surface area contributed by atoms with Gasteiger partial charge in [0.05, 0.1) is 7.11 Å². The SMILES string of the molecule is CCNC(=NCCCc1cccc(OC)c1)N1CCN(c2ccccn2)CC1.I. The Balaban J connectivity index is 0.00000300. The summed E-state index contributed by atoms with van der Waals surface area (Å²) in [5.74, 6) is 3.00. The first-order chi connectivity index (χ1) is 13.8. The Hall–Kier alpha value is -2.03. The van der Waals surface area contributed by atoms with Crippen molar-refractivity contribution < 1.29 is 4.74 Å². The third-order valence-corrected chi connectivity index (χ3v) is 4.91. The van der Waals surface area contributed by atoms with Crippen LogP contribution >= 0.6 is 24.0 Å². The number of nitrogens with zero attached hydrogens (tertiary/aromatic N) is 4. The number of aromatic nitrogens is 1. The summed E-state index contributed by atoms with van der Waals surface area (Å²) in [6, 6.07) is 14.4. The number of guanidine groups is 1. The quantitative estimate of drug-likeness (QED) is 0.268. The molecule has 2 aromatic rings. The first-order valence-electron chi connectivity index (χ1n) is 10.1. The van der Waals surface area contributed by atoms with E-state index in [4.69, 9.17) is 9.73 Å². The van der Waals surface area contributed by atoms with Gasteiger partial charge in [-0.25, -0.2) is 4.98 Å². The van der Waals surface area contributed by atoms with Crippen LogP contribution in [0.1, 0.15) is 18.9 Å². The first-order valence-corrected chi connectivity index (χ1v) is 10.1. The Kier molecular flexibility index (Phi) is 10.0. The van der Waals surface area contributed by atoms with Crippen molar-refractivity contribution in [2.45, 2.75) is 19.8 Å². The lowest BCUT2D eigenvalue weighted by Crippen LogP contribution is -2.52. The maximum absolute atomic E-state index is 5.30. The number of aryl methyl sites for hydroxylation is 1. The van der Waals surface area contributed by atoms with Gasteiger partial charge in [0, 0.05) is 45.5 Å². The minimum Gasteiger partial charge on any atom is -0.497 e. The van der Waals surface area contributed by atoms with Crippen LogP contribution in [0.3, 0.4) is 0 Å². The summed E-state index contributed by atoms with van der Waals surface area (Å²) in [4.78, 5) is 14.0. The van der Waals surface area contributed by atoms with Gasteiger partial charge in [-0.1, -0.05) is 18.2 Å². The van der Waals surface area contributed by atoms with Gasteiger partial charge in [-0.3, -0.25) is 4.99 Å². The zero-order chi connectivity index (χ0) is 19.6. The smallest absolute Gasteiger partial charge is 0.194 e. The zero-order valence-corrected chi connectivity index (χ0v) is 19.7. The fourth-order valence-corrected chi connectivity index (χ4v) is 3.41. The monoisotopic (exact) mass is 509 g/mol. The number of anilines is 1. The first kappa shape index (κ1) is 23.3. The molecule has 0 radical (unpaired) electrons. The number of benzene rings is 1. The molecule has 1 saturated heterocycles. The average Bonchev–Trinajstić information content (AvgIpc) is 2.77. The van der Waals surface area contributed by atoms with E-state index in [0.717, 1.165) is 69.6 Å². The minimum absolute atomic E-state index is 0. The van der Waals surface area contributed by atoms with E-state index < -0.39 is 0 Å². The topological polar surface area (TPSA) is 53.0 Å². The third kappa shape index (κ3) is 7.06. The van der Waals surface area contributed by atoms with Crippen LogP contribution in [0.4, 0.5) is 5.82 Å². The molecule has 1 aliphatic heterocycles. The molecule has 1 fully saturated rings. The molecule has 1 aromatic heterocycles. The number of aliphatic imine (C=N–C) groups is 1. The highest BCUT2D eigenvalue weighted by Crippen LogP contribution is 2.14. The summed E-state index contributed by atoms with van der Waals surface area (Å²) >= 11 is 0. The summed E-state index contributed by atoms with van der Waals surface area (Å²) in [5, 5.41) is 3.45. The summed E-state index contributed by atoms with van der Waals surface area (Å²) in [5.41, 5.74) is 1.29. The average molecular weight is 509 g/mol. The van der Waals surface area contributed by atoms with E-state index in [1.807, 2.05) is 30.5 Å². The minimum atomic E-state index is 0. The van der Waals surface area contributed by atoms with Crippen LogP contribution in [0, 0.1) is 0 Å². The maximum atomic E-state index is 5.30. The van der Waals surface area contributed by atoms with Gasteiger partial charge >= 0.3 is 0 Å². The second-order valence-corrected chi connectivity index (χ2v) is 6.85.